The number of halogens is 1. The maximum absolute atomic E-state index is 6.06. The van der Waals surface area contributed by atoms with Gasteiger partial charge in [0, 0.05) is 34.8 Å². The van der Waals surface area contributed by atoms with Crippen molar-refractivity contribution in [1.29, 1.82) is 0 Å². The van der Waals surface area contributed by atoms with Gasteiger partial charge in [0.25, 0.3) is 0 Å². The van der Waals surface area contributed by atoms with Gasteiger partial charge in [0.05, 0.1) is 16.2 Å². The fourth-order valence-electron chi connectivity index (χ4n) is 2.76. The van der Waals surface area contributed by atoms with Gasteiger partial charge in [0.2, 0.25) is 0 Å². The third-order valence-corrected chi connectivity index (χ3v) is 6.08. The molecule has 0 aliphatic carbocycles. The van der Waals surface area contributed by atoms with E-state index < -0.39 is 0 Å². The van der Waals surface area contributed by atoms with Crippen LogP contribution >= 0.6 is 34.3 Å². The van der Waals surface area contributed by atoms with E-state index in [0.717, 1.165) is 43.7 Å². The summed E-state index contributed by atoms with van der Waals surface area (Å²) in [4.78, 5) is 9.63. The van der Waals surface area contributed by atoms with Crippen molar-refractivity contribution in [3.63, 3.8) is 0 Å². The SMILES string of the molecule is Cc1ncsc1CN(Cc1cc(Cl)cs1)CC1CCNC1. The normalized spacial score (nSPS) is 18.7. The van der Waals surface area contributed by atoms with Crippen LogP contribution in [-0.2, 0) is 13.1 Å². The van der Waals surface area contributed by atoms with E-state index in [9.17, 15) is 0 Å². The van der Waals surface area contributed by atoms with Crippen molar-refractivity contribution >= 4 is 34.3 Å². The minimum atomic E-state index is 0.758. The maximum Gasteiger partial charge on any atom is 0.0798 e. The van der Waals surface area contributed by atoms with E-state index in [1.165, 1.54) is 21.9 Å². The molecule has 1 unspecified atom stereocenters. The summed E-state index contributed by atoms with van der Waals surface area (Å²) in [7, 11) is 0. The van der Waals surface area contributed by atoms with Crippen LogP contribution in [0.2, 0.25) is 5.02 Å². The van der Waals surface area contributed by atoms with Gasteiger partial charge in [-0.2, -0.15) is 0 Å². The molecule has 1 aliphatic heterocycles. The lowest BCUT2D eigenvalue weighted by Gasteiger charge is -2.24. The quantitative estimate of drug-likeness (QED) is 0.866. The lowest BCUT2D eigenvalue weighted by molar-refractivity contribution is 0.224. The highest BCUT2D eigenvalue weighted by molar-refractivity contribution is 7.10. The van der Waals surface area contributed by atoms with Gasteiger partial charge in [0.15, 0.2) is 0 Å². The van der Waals surface area contributed by atoms with E-state index in [-0.39, 0.29) is 0 Å². The number of hydrogen-bond acceptors (Lipinski definition) is 5. The minimum absolute atomic E-state index is 0.758. The molecule has 0 amide bonds. The van der Waals surface area contributed by atoms with Crippen LogP contribution in [0, 0.1) is 12.8 Å². The van der Waals surface area contributed by atoms with Gasteiger partial charge in [-0.3, -0.25) is 4.90 Å². The second kappa shape index (κ2) is 7.20. The lowest BCUT2D eigenvalue weighted by Crippen LogP contribution is -2.29. The molecule has 1 atom stereocenters. The molecule has 0 spiro atoms. The molecular formula is C15H20ClN3S2. The van der Waals surface area contributed by atoms with Gasteiger partial charge >= 0.3 is 0 Å². The van der Waals surface area contributed by atoms with Crippen LogP contribution in [-0.4, -0.2) is 29.5 Å². The molecule has 0 bridgehead atoms. The smallest absolute Gasteiger partial charge is 0.0798 e. The van der Waals surface area contributed by atoms with E-state index in [4.69, 9.17) is 11.6 Å². The summed E-state index contributed by atoms with van der Waals surface area (Å²) in [5.74, 6) is 0.758. The number of rotatable bonds is 6. The molecule has 3 heterocycles. The number of aromatic nitrogens is 1. The molecule has 0 saturated carbocycles. The molecule has 1 aliphatic rings. The molecule has 6 heteroatoms. The molecule has 21 heavy (non-hydrogen) atoms. The lowest BCUT2D eigenvalue weighted by atomic mass is 10.1. The average Bonchev–Trinajstić information content (AvgIpc) is 3.16. The number of aryl methyl sites for hydroxylation is 1. The van der Waals surface area contributed by atoms with Gasteiger partial charge in [0.1, 0.15) is 0 Å². The third kappa shape index (κ3) is 4.27. The van der Waals surface area contributed by atoms with Gasteiger partial charge in [-0.25, -0.2) is 4.98 Å². The fourth-order valence-corrected chi connectivity index (χ4v) is 4.69. The number of nitrogens with zero attached hydrogens (tertiary/aromatic N) is 2. The highest BCUT2D eigenvalue weighted by Crippen LogP contribution is 2.24. The van der Waals surface area contributed by atoms with Crippen LogP contribution < -0.4 is 5.32 Å². The molecule has 0 aromatic carbocycles. The van der Waals surface area contributed by atoms with Crippen molar-refractivity contribution in [2.24, 2.45) is 5.92 Å². The molecule has 3 nitrogen and oxygen atoms in total. The summed E-state index contributed by atoms with van der Waals surface area (Å²) in [5.41, 5.74) is 3.11. The monoisotopic (exact) mass is 341 g/mol. The summed E-state index contributed by atoms with van der Waals surface area (Å²) < 4.78 is 0. The highest BCUT2D eigenvalue weighted by atomic mass is 35.5. The summed E-state index contributed by atoms with van der Waals surface area (Å²) in [5, 5.41) is 6.33. The molecule has 1 fully saturated rings. The predicted molar refractivity (Wildman–Crippen MR) is 91.3 cm³/mol. The first-order valence-corrected chi connectivity index (χ1v) is 9.39. The summed E-state index contributed by atoms with van der Waals surface area (Å²) in [6.07, 6.45) is 1.28. The van der Waals surface area contributed by atoms with Crippen molar-refractivity contribution < 1.29 is 0 Å². The Morgan fingerprint density at radius 2 is 2.33 bits per heavy atom. The average molecular weight is 342 g/mol. The standard InChI is InChI=1S/C15H20ClN3S2/c1-11-15(21-10-18-11)8-19(6-12-2-3-17-5-12)7-14-4-13(16)9-20-14/h4,9-10,12,17H,2-3,5-8H2,1H3. The van der Waals surface area contributed by atoms with Crippen LogP contribution in [0.5, 0.6) is 0 Å². The number of thiazole rings is 1. The first kappa shape index (κ1) is 15.4. The van der Waals surface area contributed by atoms with E-state index in [2.05, 4.69) is 28.2 Å². The molecule has 2 aromatic heterocycles. The van der Waals surface area contributed by atoms with E-state index >= 15 is 0 Å². The molecule has 1 N–H and O–H groups in total. The Hall–Kier alpha value is -0.460. The molecule has 2 aromatic rings. The van der Waals surface area contributed by atoms with Crippen molar-refractivity contribution in [2.75, 3.05) is 19.6 Å². The number of nitrogens with one attached hydrogen (secondary N) is 1. The summed E-state index contributed by atoms with van der Waals surface area (Å²) in [6.45, 7) is 7.50. The Morgan fingerprint density at radius 3 is 2.95 bits per heavy atom. The second-order valence-electron chi connectivity index (χ2n) is 5.62. The van der Waals surface area contributed by atoms with Crippen LogP contribution in [0.4, 0.5) is 0 Å². The van der Waals surface area contributed by atoms with Crippen molar-refractivity contribution in [1.82, 2.24) is 15.2 Å². The molecule has 3 rings (SSSR count). The van der Waals surface area contributed by atoms with Crippen molar-refractivity contribution in [3.8, 4) is 0 Å². The van der Waals surface area contributed by atoms with Crippen LogP contribution in [0.15, 0.2) is 17.0 Å². The van der Waals surface area contributed by atoms with Gasteiger partial charge in [-0.05, 0) is 38.4 Å². The van der Waals surface area contributed by atoms with Crippen LogP contribution in [0.1, 0.15) is 21.9 Å². The largest absolute Gasteiger partial charge is 0.316 e. The third-order valence-electron chi connectivity index (χ3n) is 3.89. The topological polar surface area (TPSA) is 28.2 Å². The first-order chi connectivity index (χ1) is 10.2. The maximum atomic E-state index is 6.06. The Bertz CT molecular complexity index is 575. The summed E-state index contributed by atoms with van der Waals surface area (Å²) in [6, 6.07) is 2.09. The number of hydrogen-bond donors (Lipinski definition) is 1. The van der Waals surface area contributed by atoms with E-state index in [0.29, 0.717) is 0 Å². The Balaban J connectivity index is 1.68. The molecule has 1 saturated heterocycles. The second-order valence-corrected chi connectivity index (χ2v) is 7.99. The van der Waals surface area contributed by atoms with Crippen molar-refractivity contribution in [2.45, 2.75) is 26.4 Å². The van der Waals surface area contributed by atoms with Crippen LogP contribution in [0.25, 0.3) is 0 Å². The highest BCUT2D eigenvalue weighted by Gasteiger charge is 2.20. The Labute approximate surface area is 139 Å². The van der Waals surface area contributed by atoms with Gasteiger partial charge in [-0.15, -0.1) is 22.7 Å². The first-order valence-electron chi connectivity index (χ1n) is 7.25. The molecule has 114 valence electrons. The molecular weight excluding hydrogens is 322 g/mol. The minimum Gasteiger partial charge on any atom is -0.316 e. The van der Waals surface area contributed by atoms with E-state index in [1.807, 2.05) is 10.9 Å². The zero-order chi connectivity index (χ0) is 14.7. The van der Waals surface area contributed by atoms with Crippen molar-refractivity contribution in [3.05, 3.63) is 37.4 Å². The van der Waals surface area contributed by atoms with Gasteiger partial charge < -0.3 is 5.32 Å². The Morgan fingerprint density at radius 1 is 1.43 bits per heavy atom. The van der Waals surface area contributed by atoms with Crippen LogP contribution in [0.3, 0.4) is 0 Å². The number of thiophene rings is 1. The zero-order valence-electron chi connectivity index (χ0n) is 12.1. The zero-order valence-corrected chi connectivity index (χ0v) is 14.5. The fraction of sp³-hybridized carbons (Fsp3) is 0.533. The predicted octanol–water partition coefficient (Wildman–Crippen LogP) is 3.78. The van der Waals surface area contributed by atoms with Gasteiger partial charge in [-0.1, -0.05) is 11.6 Å². The molecule has 0 radical (unpaired) electrons. The Kier molecular flexibility index (Phi) is 5.29. The van der Waals surface area contributed by atoms with E-state index in [1.54, 1.807) is 22.7 Å². The summed E-state index contributed by atoms with van der Waals surface area (Å²) >= 11 is 9.57.